The number of nitrogens with zero attached hydrogens (tertiary/aromatic N) is 2. The molecular formula is C7H6N2O5S. The van der Waals surface area contributed by atoms with Crippen LogP contribution in [0.2, 0.25) is 0 Å². The molecule has 0 atom stereocenters. The predicted octanol–water partition coefficient (Wildman–Crippen LogP) is 1.09. The molecule has 1 heterocycles. The van der Waals surface area contributed by atoms with Crippen LogP contribution in [0.25, 0.3) is 0 Å². The van der Waals surface area contributed by atoms with Gasteiger partial charge in [0, 0.05) is 6.07 Å². The van der Waals surface area contributed by atoms with Gasteiger partial charge < -0.3 is 9.94 Å². The lowest BCUT2D eigenvalue weighted by Gasteiger charge is -1.90. The molecule has 0 fully saturated rings. The highest BCUT2D eigenvalue weighted by Crippen LogP contribution is 2.22. The first kappa shape index (κ1) is 11.1. The van der Waals surface area contributed by atoms with Gasteiger partial charge in [-0.1, -0.05) is 16.5 Å². The Morgan fingerprint density at radius 1 is 1.73 bits per heavy atom. The lowest BCUT2D eigenvalue weighted by Crippen LogP contribution is -2.03. The van der Waals surface area contributed by atoms with Crippen LogP contribution in [0.5, 0.6) is 0 Å². The average molecular weight is 230 g/mol. The van der Waals surface area contributed by atoms with Crippen LogP contribution in [0.3, 0.4) is 0 Å². The van der Waals surface area contributed by atoms with Gasteiger partial charge in [0.25, 0.3) is 0 Å². The van der Waals surface area contributed by atoms with Gasteiger partial charge in [-0.05, 0) is 6.07 Å². The number of aliphatic carboxylic acids is 1. The third-order valence-corrected chi connectivity index (χ3v) is 2.21. The zero-order valence-corrected chi connectivity index (χ0v) is 8.14. The summed E-state index contributed by atoms with van der Waals surface area (Å²) in [6.45, 7) is -0.538. The second kappa shape index (κ2) is 5.05. The van der Waals surface area contributed by atoms with Crippen LogP contribution in [-0.4, -0.2) is 28.8 Å². The second-order valence-electron chi connectivity index (χ2n) is 2.33. The van der Waals surface area contributed by atoms with Crippen molar-refractivity contribution in [1.29, 1.82) is 0 Å². The van der Waals surface area contributed by atoms with E-state index in [1.165, 1.54) is 18.3 Å². The molecule has 1 aromatic heterocycles. The van der Waals surface area contributed by atoms with Crippen molar-refractivity contribution in [3.63, 3.8) is 0 Å². The molecule has 1 aromatic rings. The van der Waals surface area contributed by atoms with Gasteiger partial charge >= 0.3 is 11.0 Å². The lowest BCUT2D eigenvalue weighted by molar-refractivity contribution is -0.380. The molecule has 0 saturated heterocycles. The molecule has 0 aromatic carbocycles. The number of oxime groups is 1. The first-order chi connectivity index (χ1) is 7.09. The van der Waals surface area contributed by atoms with E-state index in [-0.39, 0.29) is 5.00 Å². The van der Waals surface area contributed by atoms with E-state index in [1.807, 2.05) is 0 Å². The Bertz CT molecular complexity index is 400. The van der Waals surface area contributed by atoms with E-state index < -0.39 is 17.5 Å². The fourth-order valence-electron chi connectivity index (χ4n) is 0.691. The Hall–Kier alpha value is -1.96. The standard InChI is InChI=1S/C7H6N2O5S/c10-7(11)4-14-8-3-5-1-2-6(15-5)9(12)13/h1-3H,4H2,(H,10,11)/b8-3+. The van der Waals surface area contributed by atoms with Crippen molar-refractivity contribution in [2.24, 2.45) is 5.16 Å². The first-order valence-electron chi connectivity index (χ1n) is 3.71. The van der Waals surface area contributed by atoms with Gasteiger partial charge in [0.1, 0.15) is 0 Å². The molecule has 1 N–H and O–H groups in total. The lowest BCUT2D eigenvalue weighted by atomic mass is 10.5. The zero-order chi connectivity index (χ0) is 11.3. The van der Waals surface area contributed by atoms with Crippen LogP contribution in [0.1, 0.15) is 4.88 Å². The number of carboxylic acids is 1. The summed E-state index contributed by atoms with van der Waals surface area (Å²) < 4.78 is 0. The van der Waals surface area contributed by atoms with Crippen molar-refractivity contribution in [2.45, 2.75) is 0 Å². The minimum atomic E-state index is -1.13. The Balaban J connectivity index is 2.50. The molecule has 0 spiro atoms. The van der Waals surface area contributed by atoms with Crippen molar-refractivity contribution in [3.8, 4) is 0 Å². The van der Waals surface area contributed by atoms with Gasteiger partial charge in [0.15, 0.2) is 0 Å². The van der Waals surface area contributed by atoms with Gasteiger partial charge in [-0.3, -0.25) is 10.1 Å². The van der Waals surface area contributed by atoms with Crippen molar-refractivity contribution >= 4 is 28.5 Å². The summed E-state index contributed by atoms with van der Waals surface area (Å²) in [5.41, 5.74) is 0. The monoisotopic (exact) mass is 230 g/mol. The maximum absolute atomic E-state index is 10.3. The normalized spacial score (nSPS) is 10.4. The summed E-state index contributed by atoms with van der Waals surface area (Å²) in [6, 6.07) is 2.83. The van der Waals surface area contributed by atoms with Crippen molar-refractivity contribution in [2.75, 3.05) is 6.61 Å². The Morgan fingerprint density at radius 2 is 2.47 bits per heavy atom. The second-order valence-corrected chi connectivity index (χ2v) is 3.43. The molecule has 0 aliphatic rings. The summed E-state index contributed by atoms with van der Waals surface area (Å²) in [5, 5.41) is 21.8. The molecule has 8 heteroatoms. The fourth-order valence-corrected chi connectivity index (χ4v) is 1.38. The van der Waals surface area contributed by atoms with Crippen LogP contribution in [0.15, 0.2) is 17.3 Å². The summed E-state index contributed by atoms with van der Waals surface area (Å²) in [4.78, 5) is 24.7. The molecule has 0 aliphatic heterocycles. The van der Waals surface area contributed by atoms with Gasteiger partial charge in [-0.2, -0.15) is 0 Å². The van der Waals surface area contributed by atoms with Crippen molar-refractivity contribution in [3.05, 3.63) is 27.1 Å². The molecule has 15 heavy (non-hydrogen) atoms. The SMILES string of the molecule is O=C(O)CO/N=C/c1ccc([N+](=O)[O-])s1. The number of hydrogen-bond donors (Lipinski definition) is 1. The molecule has 0 amide bonds. The number of thiophene rings is 1. The van der Waals surface area contributed by atoms with E-state index in [4.69, 9.17) is 5.11 Å². The minimum Gasteiger partial charge on any atom is -0.479 e. The average Bonchev–Trinajstić information content (AvgIpc) is 2.60. The Morgan fingerprint density at radius 3 is 3.00 bits per heavy atom. The van der Waals surface area contributed by atoms with Crippen LogP contribution in [0, 0.1) is 10.1 Å². The molecule has 0 radical (unpaired) electrons. The van der Waals surface area contributed by atoms with Gasteiger partial charge in [0.2, 0.25) is 6.61 Å². The minimum absolute atomic E-state index is 0.00492. The summed E-state index contributed by atoms with van der Waals surface area (Å²) in [7, 11) is 0. The molecule has 80 valence electrons. The third-order valence-electron chi connectivity index (χ3n) is 1.24. The van der Waals surface area contributed by atoms with E-state index in [0.29, 0.717) is 4.88 Å². The number of carboxylic acid groups (broad SMARTS) is 1. The number of rotatable bonds is 5. The Kier molecular flexibility index (Phi) is 3.75. The van der Waals surface area contributed by atoms with Crippen LogP contribution < -0.4 is 0 Å². The van der Waals surface area contributed by atoms with E-state index in [2.05, 4.69) is 9.99 Å². The maximum Gasteiger partial charge on any atom is 0.344 e. The number of nitro groups is 1. The Labute approximate surface area is 87.7 Å². The van der Waals surface area contributed by atoms with Crippen LogP contribution in [-0.2, 0) is 9.63 Å². The van der Waals surface area contributed by atoms with Gasteiger partial charge in [0.05, 0.1) is 16.0 Å². The quantitative estimate of drug-likeness (QED) is 0.463. The van der Waals surface area contributed by atoms with Gasteiger partial charge in [-0.25, -0.2) is 4.79 Å². The topological polar surface area (TPSA) is 102 Å². The van der Waals surface area contributed by atoms with E-state index in [0.717, 1.165) is 11.3 Å². The van der Waals surface area contributed by atoms with Gasteiger partial charge in [-0.15, -0.1) is 0 Å². The van der Waals surface area contributed by atoms with E-state index >= 15 is 0 Å². The third kappa shape index (κ3) is 3.73. The number of carbonyl (C=O) groups is 1. The molecule has 0 unspecified atom stereocenters. The molecule has 0 saturated carbocycles. The predicted molar refractivity (Wildman–Crippen MR) is 52.2 cm³/mol. The first-order valence-corrected chi connectivity index (χ1v) is 4.52. The fraction of sp³-hybridized carbons (Fsp3) is 0.143. The smallest absolute Gasteiger partial charge is 0.344 e. The largest absolute Gasteiger partial charge is 0.479 e. The molecule has 7 nitrogen and oxygen atoms in total. The van der Waals surface area contributed by atoms with E-state index in [9.17, 15) is 14.9 Å². The molecule has 1 rings (SSSR count). The molecular weight excluding hydrogens is 224 g/mol. The summed E-state index contributed by atoms with van der Waals surface area (Å²) in [6.07, 6.45) is 1.22. The molecule has 0 aliphatic carbocycles. The highest BCUT2D eigenvalue weighted by atomic mass is 32.1. The van der Waals surface area contributed by atoms with Crippen LogP contribution in [0.4, 0.5) is 5.00 Å². The summed E-state index contributed by atoms with van der Waals surface area (Å²) >= 11 is 0.924. The highest BCUT2D eigenvalue weighted by Gasteiger charge is 2.07. The van der Waals surface area contributed by atoms with Crippen molar-refractivity contribution in [1.82, 2.24) is 0 Å². The highest BCUT2D eigenvalue weighted by molar-refractivity contribution is 7.16. The maximum atomic E-state index is 10.3. The zero-order valence-electron chi connectivity index (χ0n) is 7.32. The van der Waals surface area contributed by atoms with E-state index in [1.54, 1.807) is 0 Å². The van der Waals surface area contributed by atoms with Crippen LogP contribution >= 0.6 is 11.3 Å². The van der Waals surface area contributed by atoms with Crippen molar-refractivity contribution < 1.29 is 19.7 Å². The molecule has 0 bridgehead atoms. The number of hydrogen-bond acceptors (Lipinski definition) is 6. The summed E-state index contributed by atoms with van der Waals surface area (Å²) in [5.74, 6) is -1.13.